The van der Waals surface area contributed by atoms with Crippen molar-refractivity contribution in [2.45, 2.75) is 26.8 Å². The summed E-state index contributed by atoms with van der Waals surface area (Å²) in [5.74, 6) is 3.94. The molecule has 2 saturated heterocycles. The van der Waals surface area contributed by atoms with Crippen LogP contribution in [0.4, 0.5) is 0 Å². The van der Waals surface area contributed by atoms with Crippen molar-refractivity contribution in [1.29, 1.82) is 0 Å². The van der Waals surface area contributed by atoms with Crippen molar-refractivity contribution in [3.8, 4) is 0 Å². The third-order valence-corrected chi connectivity index (χ3v) is 4.84. The maximum Gasteiger partial charge on any atom is 0.227 e. The smallest absolute Gasteiger partial charge is 0.227 e. The summed E-state index contributed by atoms with van der Waals surface area (Å²) in [5.41, 5.74) is 0.0978. The number of ether oxygens (including phenoxy) is 1. The molecule has 2 aliphatic rings. The van der Waals surface area contributed by atoms with Crippen LogP contribution in [0.2, 0.25) is 0 Å². The van der Waals surface area contributed by atoms with Gasteiger partial charge in [0.25, 0.3) is 0 Å². The molecule has 2 atom stereocenters. The molecule has 0 amide bonds. The van der Waals surface area contributed by atoms with Crippen LogP contribution in [0, 0.1) is 25.2 Å². The van der Waals surface area contributed by atoms with Crippen LogP contribution in [0.1, 0.15) is 23.2 Å². The van der Waals surface area contributed by atoms with E-state index in [1.807, 2.05) is 19.9 Å². The standard InChI is InChI=1S/C16H21N3O3/c1-11-3-4-14(21-11)7-19-6-13-8-20-10-16(13,9-19)5-15-17-12(2)18-22-15/h3-4,13H,5-10H2,1-2H3/t13-,16+/m1/s1. The average molecular weight is 303 g/mol. The summed E-state index contributed by atoms with van der Waals surface area (Å²) in [6, 6.07) is 4.08. The summed E-state index contributed by atoms with van der Waals surface area (Å²) >= 11 is 0. The van der Waals surface area contributed by atoms with E-state index in [-0.39, 0.29) is 5.41 Å². The van der Waals surface area contributed by atoms with Gasteiger partial charge < -0.3 is 13.7 Å². The van der Waals surface area contributed by atoms with Crippen molar-refractivity contribution in [3.05, 3.63) is 35.4 Å². The Morgan fingerprint density at radius 1 is 1.36 bits per heavy atom. The molecule has 0 saturated carbocycles. The fourth-order valence-corrected chi connectivity index (χ4v) is 3.82. The number of aromatic nitrogens is 2. The van der Waals surface area contributed by atoms with Gasteiger partial charge >= 0.3 is 0 Å². The fraction of sp³-hybridized carbons (Fsp3) is 0.625. The van der Waals surface area contributed by atoms with Crippen LogP contribution in [0.3, 0.4) is 0 Å². The average Bonchev–Trinajstić information content (AvgIpc) is 3.17. The lowest BCUT2D eigenvalue weighted by Crippen LogP contribution is -2.33. The van der Waals surface area contributed by atoms with Gasteiger partial charge in [0.15, 0.2) is 5.82 Å². The molecule has 0 spiro atoms. The van der Waals surface area contributed by atoms with Gasteiger partial charge in [-0.15, -0.1) is 0 Å². The van der Waals surface area contributed by atoms with Crippen LogP contribution in [0.5, 0.6) is 0 Å². The van der Waals surface area contributed by atoms with E-state index < -0.39 is 0 Å². The van der Waals surface area contributed by atoms with Gasteiger partial charge in [0.05, 0.1) is 19.8 Å². The molecule has 118 valence electrons. The van der Waals surface area contributed by atoms with E-state index in [9.17, 15) is 0 Å². The van der Waals surface area contributed by atoms with E-state index in [1.165, 1.54) is 0 Å². The van der Waals surface area contributed by atoms with Gasteiger partial charge in [0.2, 0.25) is 5.89 Å². The largest absolute Gasteiger partial charge is 0.465 e. The molecule has 4 rings (SSSR count). The van der Waals surface area contributed by atoms with Gasteiger partial charge in [0, 0.05) is 30.8 Å². The third kappa shape index (κ3) is 2.46. The number of aryl methyl sites for hydroxylation is 2. The summed E-state index contributed by atoms with van der Waals surface area (Å²) in [5, 5.41) is 3.90. The van der Waals surface area contributed by atoms with Gasteiger partial charge in [-0.2, -0.15) is 4.98 Å². The number of likely N-dealkylation sites (tertiary alicyclic amines) is 1. The molecule has 22 heavy (non-hydrogen) atoms. The summed E-state index contributed by atoms with van der Waals surface area (Å²) in [7, 11) is 0. The highest BCUT2D eigenvalue weighted by Crippen LogP contribution is 2.44. The van der Waals surface area contributed by atoms with Crippen molar-refractivity contribution in [2.24, 2.45) is 11.3 Å². The van der Waals surface area contributed by atoms with Gasteiger partial charge in [-0.3, -0.25) is 4.90 Å². The Hall–Kier alpha value is -1.66. The Kier molecular flexibility index (Phi) is 3.31. The molecule has 2 aromatic heterocycles. The highest BCUT2D eigenvalue weighted by Gasteiger charge is 2.51. The minimum absolute atomic E-state index is 0.0978. The fourth-order valence-electron chi connectivity index (χ4n) is 3.82. The van der Waals surface area contributed by atoms with E-state index in [4.69, 9.17) is 13.7 Å². The van der Waals surface area contributed by atoms with Gasteiger partial charge in [0.1, 0.15) is 11.5 Å². The van der Waals surface area contributed by atoms with Crippen molar-refractivity contribution in [2.75, 3.05) is 26.3 Å². The first-order valence-electron chi connectivity index (χ1n) is 7.78. The Morgan fingerprint density at radius 3 is 3.00 bits per heavy atom. The zero-order valence-corrected chi connectivity index (χ0v) is 13.0. The first-order valence-corrected chi connectivity index (χ1v) is 7.78. The Bertz CT molecular complexity index is 665. The van der Waals surface area contributed by atoms with Crippen molar-refractivity contribution in [1.82, 2.24) is 15.0 Å². The summed E-state index contributed by atoms with van der Waals surface area (Å²) < 4.78 is 16.8. The second-order valence-corrected chi connectivity index (χ2v) is 6.67. The predicted octanol–water partition coefficient (Wildman–Crippen LogP) is 1.97. The van der Waals surface area contributed by atoms with E-state index in [0.29, 0.717) is 11.7 Å². The number of rotatable bonds is 4. The van der Waals surface area contributed by atoms with Crippen LogP contribution in [0.25, 0.3) is 0 Å². The van der Waals surface area contributed by atoms with Crippen LogP contribution in [0.15, 0.2) is 21.1 Å². The molecular formula is C16H21N3O3. The van der Waals surface area contributed by atoms with Crippen LogP contribution in [-0.4, -0.2) is 41.3 Å². The molecule has 6 heteroatoms. The molecule has 2 aliphatic heterocycles. The number of nitrogens with zero attached hydrogens (tertiary/aromatic N) is 3. The zero-order valence-electron chi connectivity index (χ0n) is 13.0. The minimum Gasteiger partial charge on any atom is -0.465 e. The van der Waals surface area contributed by atoms with Crippen LogP contribution < -0.4 is 0 Å². The summed E-state index contributed by atoms with van der Waals surface area (Å²) in [4.78, 5) is 6.82. The molecule has 0 radical (unpaired) electrons. The Morgan fingerprint density at radius 2 is 2.27 bits per heavy atom. The quantitative estimate of drug-likeness (QED) is 0.860. The number of fused-ring (bicyclic) bond motifs is 1. The van der Waals surface area contributed by atoms with Gasteiger partial charge in [-0.25, -0.2) is 0 Å². The molecule has 0 bridgehead atoms. The van der Waals surface area contributed by atoms with E-state index >= 15 is 0 Å². The molecule has 0 unspecified atom stereocenters. The molecule has 4 heterocycles. The van der Waals surface area contributed by atoms with Crippen molar-refractivity contribution < 1.29 is 13.7 Å². The molecule has 0 aromatic carbocycles. The van der Waals surface area contributed by atoms with Crippen LogP contribution in [-0.2, 0) is 17.7 Å². The number of hydrogen-bond donors (Lipinski definition) is 0. The lowest BCUT2D eigenvalue weighted by atomic mass is 9.78. The zero-order chi connectivity index (χ0) is 15.2. The monoisotopic (exact) mass is 303 g/mol. The third-order valence-electron chi connectivity index (χ3n) is 4.84. The molecule has 6 nitrogen and oxygen atoms in total. The van der Waals surface area contributed by atoms with Crippen molar-refractivity contribution >= 4 is 0 Å². The molecule has 2 fully saturated rings. The normalized spacial score (nSPS) is 28.4. The lowest BCUT2D eigenvalue weighted by molar-refractivity contribution is 0.119. The maximum absolute atomic E-state index is 5.76. The minimum atomic E-state index is 0.0978. The molecule has 0 aliphatic carbocycles. The summed E-state index contributed by atoms with van der Waals surface area (Å²) in [6.07, 6.45) is 0.798. The highest BCUT2D eigenvalue weighted by molar-refractivity contribution is 5.09. The van der Waals surface area contributed by atoms with E-state index in [1.54, 1.807) is 0 Å². The number of hydrogen-bond acceptors (Lipinski definition) is 6. The van der Waals surface area contributed by atoms with Crippen LogP contribution >= 0.6 is 0 Å². The second kappa shape index (κ2) is 5.21. The first kappa shape index (κ1) is 14.0. The van der Waals surface area contributed by atoms with E-state index in [0.717, 1.165) is 56.7 Å². The first-order chi connectivity index (χ1) is 10.6. The maximum atomic E-state index is 5.76. The molecule has 0 N–H and O–H groups in total. The molecule has 2 aromatic rings. The lowest BCUT2D eigenvalue weighted by Gasteiger charge is -2.25. The number of furan rings is 1. The van der Waals surface area contributed by atoms with Crippen molar-refractivity contribution in [3.63, 3.8) is 0 Å². The van der Waals surface area contributed by atoms with E-state index in [2.05, 4.69) is 21.1 Å². The summed E-state index contributed by atoms with van der Waals surface area (Å²) in [6.45, 7) is 8.30. The Labute approximate surface area is 129 Å². The Balaban J connectivity index is 1.49. The topological polar surface area (TPSA) is 64.5 Å². The molecular weight excluding hydrogens is 282 g/mol. The SMILES string of the molecule is Cc1noc(C[C@]23COC[C@H]2CN(Cc2ccc(C)o2)C3)n1. The predicted molar refractivity (Wildman–Crippen MR) is 78.2 cm³/mol. The van der Waals surface area contributed by atoms with Gasteiger partial charge in [-0.05, 0) is 26.0 Å². The highest BCUT2D eigenvalue weighted by atomic mass is 16.5. The second-order valence-electron chi connectivity index (χ2n) is 6.67. The van der Waals surface area contributed by atoms with Gasteiger partial charge in [-0.1, -0.05) is 5.16 Å².